The van der Waals surface area contributed by atoms with Crippen LogP contribution in [0.5, 0.6) is 0 Å². The highest BCUT2D eigenvalue weighted by atomic mass is 35.5. The maximum absolute atomic E-state index is 12.9. The minimum Gasteiger partial charge on any atom is -0.340 e. The van der Waals surface area contributed by atoms with Crippen LogP contribution < -0.4 is 4.72 Å². The van der Waals surface area contributed by atoms with Crippen LogP contribution in [0.3, 0.4) is 0 Å². The van der Waals surface area contributed by atoms with Crippen molar-refractivity contribution in [2.45, 2.75) is 56.5 Å². The van der Waals surface area contributed by atoms with Gasteiger partial charge in [0.2, 0.25) is 15.9 Å². The molecule has 0 atom stereocenters. The maximum Gasteiger partial charge on any atom is 0.242 e. The first-order valence-corrected chi connectivity index (χ1v) is 12.4. The number of rotatable bonds is 5. The summed E-state index contributed by atoms with van der Waals surface area (Å²) in [5.74, 6) is 0.205. The summed E-state index contributed by atoms with van der Waals surface area (Å²) in [5.41, 5.74) is 0. The van der Waals surface area contributed by atoms with Crippen LogP contribution in [0.25, 0.3) is 0 Å². The van der Waals surface area contributed by atoms with Crippen molar-refractivity contribution in [2.75, 3.05) is 26.2 Å². The molecule has 1 aromatic carbocycles. The summed E-state index contributed by atoms with van der Waals surface area (Å²) >= 11 is 11.9. The molecule has 1 aliphatic carbocycles. The molecule has 0 aromatic heterocycles. The highest BCUT2D eigenvalue weighted by Gasteiger charge is 2.33. The monoisotopic (exact) mass is 461 g/mol. The van der Waals surface area contributed by atoms with Gasteiger partial charge in [0.15, 0.2) is 0 Å². The van der Waals surface area contributed by atoms with Crippen LogP contribution in [0.4, 0.5) is 0 Å². The first-order valence-electron chi connectivity index (χ1n) is 10.2. The van der Waals surface area contributed by atoms with Crippen molar-refractivity contribution in [2.24, 2.45) is 5.92 Å². The Morgan fingerprint density at radius 2 is 1.69 bits per heavy atom. The largest absolute Gasteiger partial charge is 0.340 e. The van der Waals surface area contributed by atoms with Crippen LogP contribution in [0.15, 0.2) is 23.1 Å². The quantitative estimate of drug-likeness (QED) is 0.729. The zero-order valence-corrected chi connectivity index (χ0v) is 19.2. The van der Waals surface area contributed by atoms with E-state index in [0.29, 0.717) is 36.7 Å². The van der Waals surface area contributed by atoms with E-state index in [1.165, 1.54) is 18.2 Å². The number of sulfonamides is 1. The Morgan fingerprint density at radius 1 is 1.07 bits per heavy atom. The van der Waals surface area contributed by atoms with E-state index in [1.807, 2.05) is 4.90 Å². The van der Waals surface area contributed by atoms with E-state index in [9.17, 15) is 13.2 Å². The van der Waals surface area contributed by atoms with E-state index in [2.05, 4.69) is 23.5 Å². The first kappa shape index (κ1) is 22.8. The number of nitrogens with zero attached hydrogens (tertiary/aromatic N) is 2. The van der Waals surface area contributed by atoms with Gasteiger partial charge in [-0.25, -0.2) is 13.1 Å². The van der Waals surface area contributed by atoms with Crippen LogP contribution in [-0.4, -0.2) is 62.4 Å². The number of hydrogen-bond donors (Lipinski definition) is 1. The molecule has 6 nitrogen and oxygen atoms in total. The lowest BCUT2D eigenvalue weighted by Crippen LogP contribution is -2.52. The van der Waals surface area contributed by atoms with Gasteiger partial charge < -0.3 is 4.90 Å². The van der Waals surface area contributed by atoms with Crippen LogP contribution in [0.1, 0.15) is 39.5 Å². The topological polar surface area (TPSA) is 69.7 Å². The molecule has 1 aliphatic heterocycles. The molecule has 1 N–H and O–H groups in total. The molecule has 0 unspecified atom stereocenters. The fourth-order valence-corrected chi connectivity index (χ4v) is 6.23. The summed E-state index contributed by atoms with van der Waals surface area (Å²) in [5, 5.41) is 0.497. The molecular weight excluding hydrogens is 433 g/mol. The molecule has 1 aromatic rings. The number of carbonyl (C=O) groups is 1. The average Bonchev–Trinajstić information content (AvgIpc) is 2.67. The zero-order valence-electron chi connectivity index (χ0n) is 16.9. The fourth-order valence-electron chi connectivity index (χ4n) is 4.15. The Morgan fingerprint density at radius 3 is 2.24 bits per heavy atom. The molecule has 0 spiro atoms. The van der Waals surface area contributed by atoms with Gasteiger partial charge in [-0.3, -0.25) is 9.69 Å². The van der Waals surface area contributed by atoms with Crippen molar-refractivity contribution in [3.63, 3.8) is 0 Å². The van der Waals surface area contributed by atoms with Gasteiger partial charge in [-0.1, -0.05) is 23.2 Å². The average molecular weight is 462 g/mol. The van der Waals surface area contributed by atoms with E-state index in [0.717, 1.165) is 26.2 Å². The van der Waals surface area contributed by atoms with E-state index < -0.39 is 10.0 Å². The number of amides is 1. The molecule has 2 fully saturated rings. The van der Waals surface area contributed by atoms with Crippen molar-refractivity contribution < 1.29 is 13.2 Å². The summed E-state index contributed by atoms with van der Waals surface area (Å²) in [6, 6.07) is 4.67. The lowest BCUT2D eigenvalue weighted by atomic mass is 9.85. The van der Waals surface area contributed by atoms with E-state index in [4.69, 9.17) is 23.2 Å². The molecule has 1 saturated carbocycles. The number of piperazine rings is 1. The molecular formula is C20H29Cl2N3O3S. The molecule has 0 radical (unpaired) electrons. The molecule has 1 amide bonds. The van der Waals surface area contributed by atoms with E-state index >= 15 is 0 Å². The van der Waals surface area contributed by atoms with Gasteiger partial charge in [0.1, 0.15) is 4.90 Å². The van der Waals surface area contributed by atoms with Crippen LogP contribution >= 0.6 is 23.2 Å². The lowest BCUT2D eigenvalue weighted by Gasteiger charge is -2.39. The van der Waals surface area contributed by atoms with E-state index in [1.54, 1.807) is 0 Å². The third-order valence-electron chi connectivity index (χ3n) is 5.94. The van der Waals surface area contributed by atoms with Gasteiger partial charge in [-0.05, 0) is 57.7 Å². The molecule has 2 aliphatic rings. The van der Waals surface area contributed by atoms with E-state index in [-0.39, 0.29) is 27.8 Å². The van der Waals surface area contributed by atoms with Crippen molar-refractivity contribution in [1.82, 2.24) is 14.5 Å². The van der Waals surface area contributed by atoms with Crippen LogP contribution in [0.2, 0.25) is 10.0 Å². The summed E-state index contributed by atoms with van der Waals surface area (Å²) in [4.78, 5) is 17.3. The molecule has 9 heteroatoms. The lowest BCUT2D eigenvalue weighted by molar-refractivity contribution is -0.138. The van der Waals surface area contributed by atoms with Crippen molar-refractivity contribution in [3.8, 4) is 0 Å². The second-order valence-corrected chi connectivity index (χ2v) is 10.7. The number of nitrogens with one attached hydrogen (secondary N) is 1. The number of halogens is 2. The Hall–Kier alpha value is -0.860. The van der Waals surface area contributed by atoms with Crippen molar-refractivity contribution in [3.05, 3.63) is 28.2 Å². The standard InChI is InChI=1S/C20H29Cl2N3O3S/c1-14(2)24-9-11-25(12-10-24)20(26)15-3-6-17(7-4-15)23-29(27,28)19-8-5-16(21)13-18(19)22/h5,8,13-15,17,23H,3-4,6-7,9-12H2,1-2H3/t15-,17+. The summed E-state index contributed by atoms with van der Waals surface area (Å²) in [7, 11) is -3.72. The van der Waals surface area contributed by atoms with Crippen molar-refractivity contribution >= 4 is 39.1 Å². The second-order valence-electron chi connectivity index (χ2n) is 8.20. The minimum atomic E-state index is -3.72. The normalized spacial score (nSPS) is 24.1. The Kier molecular flexibility index (Phi) is 7.49. The predicted octanol–water partition coefficient (Wildman–Crippen LogP) is 3.38. The van der Waals surface area contributed by atoms with Gasteiger partial charge in [-0.15, -0.1) is 0 Å². The minimum absolute atomic E-state index is 0.0135. The summed E-state index contributed by atoms with van der Waals surface area (Å²) in [6.07, 6.45) is 2.69. The predicted molar refractivity (Wildman–Crippen MR) is 116 cm³/mol. The fraction of sp³-hybridized carbons (Fsp3) is 0.650. The Balaban J connectivity index is 1.52. The SMILES string of the molecule is CC(C)N1CCN(C(=O)[C@H]2CC[C@@H](NS(=O)(=O)c3ccc(Cl)cc3Cl)CC2)CC1. The summed E-state index contributed by atoms with van der Waals surface area (Å²) < 4.78 is 28.1. The van der Waals surface area contributed by atoms with Crippen LogP contribution in [0, 0.1) is 5.92 Å². The number of carbonyl (C=O) groups excluding carboxylic acids is 1. The third kappa shape index (κ3) is 5.64. The number of hydrogen-bond acceptors (Lipinski definition) is 4. The highest BCUT2D eigenvalue weighted by Crippen LogP contribution is 2.29. The van der Waals surface area contributed by atoms with Gasteiger partial charge in [-0.2, -0.15) is 0 Å². The zero-order chi connectivity index (χ0) is 21.2. The Labute approximate surface area is 183 Å². The number of benzene rings is 1. The smallest absolute Gasteiger partial charge is 0.242 e. The van der Waals surface area contributed by atoms with Gasteiger partial charge in [0.05, 0.1) is 5.02 Å². The van der Waals surface area contributed by atoms with Gasteiger partial charge in [0.25, 0.3) is 0 Å². The first-order chi connectivity index (χ1) is 13.7. The second kappa shape index (κ2) is 9.52. The molecule has 162 valence electrons. The molecule has 29 heavy (non-hydrogen) atoms. The molecule has 0 bridgehead atoms. The molecule has 3 rings (SSSR count). The highest BCUT2D eigenvalue weighted by molar-refractivity contribution is 7.89. The third-order valence-corrected chi connectivity index (χ3v) is 8.18. The molecule has 1 saturated heterocycles. The van der Waals surface area contributed by atoms with Crippen molar-refractivity contribution in [1.29, 1.82) is 0 Å². The van der Waals surface area contributed by atoms with Gasteiger partial charge in [0, 0.05) is 49.2 Å². The van der Waals surface area contributed by atoms with Gasteiger partial charge >= 0.3 is 0 Å². The Bertz CT molecular complexity index is 831. The van der Waals surface area contributed by atoms with Crippen LogP contribution in [-0.2, 0) is 14.8 Å². The maximum atomic E-state index is 12.9. The summed E-state index contributed by atoms with van der Waals surface area (Å²) in [6.45, 7) is 7.74. The molecule has 1 heterocycles.